The standard InChI is InChI=1S/C38H44N4O5S3/c1-40(33-16-8-14-32-31(33)13-9-17-37(32)50(43,44)45)23-21-39-46-47-49-29-18-19-36-35(25-29)41(2)38(48-36)24-28-20-22-42(26-27-10-4-3-5-11-27)34-15-7-6-12-30(28)34/h3-7,10-12,15,18-20,22,24-25,31-33,37,39H,8-9,13-14,16-17,21,23,26H2,1-2H3. The molecule has 1 N–H and O–H groups in total. The van der Waals surface area contributed by atoms with E-state index < -0.39 is 15.4 Å². The van der Waals surface area contributed by atoms with Crippen LogP contribution in [0.4, 0.5) is 5.69 Å². The van der Waals surface area contributed by atoms with E-state index in [0.29, 0.717) is 13.0 Å². The van der Waals surface area contributed by atoms with E-state index in [4.69, 9.17) is 9.32 Å². The van der Waals surface area contributed by atoms with Crippen LogP contribution < -0.4 is 14.9 Å². The highest BCUT2D eigenvalue weighted by Gasteiger charge is 2.43. The zero-order valence-corrected chi connectivity index (χ0v) is 30.9. The van der Waals surface area contributed by atoms with Gasteiger partial charge < -0.3 is 14.4 Å². The molecule has 2 heterocycles. The topological polar surface area (TPSA) is 98.1 Å². The van der Waals surface area contributed by atoms with Crippen molar-refractivity contribution in [1.29, 1.82) is 0 Å². The summed E-state index contributed by atoms with van der Waals surface area (Å²) >= 11 is 2.92. The van der Waals surface area contributed by atoms with Crippen LogP contribution in [0.5, 0.6) is 0 Å². The van der Waals surface area contributed by atoms with Crippen molar-refractivity contribution in [3.8, 4) is 0 Å². The zero-order valence-electron chi connectivity index (χ0n) is 28.4. The number of hydroxylamine groups is 1. The first kappa shape index (κ1) is 35.5. The molecule has 2 saturated carbocycles. The Labute approximate surface area is 303 Å². The molecule has 0 saturated heterocycles. The second-order valence-corrected chi connectivity index (χ2v) is 17.0. The third-order valence-electron chi connectivity index (χ3n) is 10.6. The van der Waals surface area contributed by atoms with E-state index in [2.05, 4.69) is 113 Å². The van der Waals surface area contributed by atoms with Crippen LogP contribution in [-0.4, -0.2) is 56.3 Å². The summed E-state index contributed by atoms with van der Waals surface area (Å²) in [6, 6.07) is 27.8. The molecule has 0 radical (unpaired) electrons. The molecule has 2 fully saturated rings. The highest BCUT2D eigenvalue weighted by molar-refractivity contribution is 8.04. The molecule has 50 heavy (non-hydrogen) atoms. The molecule has 1 aliphatic heterocycles. The van der Waals surface area contributed by atoms with Gasteiger partial charge in [0.2, 0.25) is 5.52 Å². The van der Waals surface area contributed by atoms with E-state index in [9.17, 15) is 13.0 Å². The lowest BCUT2D eigenvalue weighted by molar-refractivity contribution is -0.662. The van der Waals surface area contributed by atoms with Crippen molar-refractivity contribution in [2.45, 2.75) is 66.2 Å². The van der Waals surface area contributed by atoms with Crippen molar-refractivity contribution in [3.05, 3.63) is 101 Å². The van der Waals surface area contributed by atoms with Gasteiger partial charge in [-0.15, -0.1) is 9.32 Å². The predicted molar refractivity (Wildman–Crippen MR) is 199 cm³/mol. The van der Waals surface area contributed by atoms with E-state index in [1.807, 2.05) is 12.1 Å². The Morgan fingerprint density at radius 3 is 2.64 bits per heavy atom. The Kier molecular flexibility index (Phi) is 11.2. The van der Waals surface area contributed by atoms with Crippen LogP contribution in [-0.2, 0) is 26.0 Å². The number of pyridine rings is 1. The average Bonchev–Trinajstić information content (AvgIpc) is 3.43. The lowest BCUT2D eigenvalue weighted by Gasteiger charge is -2.48. The van der Waals surface area contributed by atoms with Crippen molar-refractivity contribution < 1.29 is 26.9 Å². The number of fused-ring (bicyclic) bond motifs is 3. The van der Waals surface area contributed by atoms with E-state index in [-0.39, 0.29) is 17.9 Å². The van der Waals surface area contributed by atoms with Crippen molar-refractivity contribution >= 4 is 56.6 Å². The third kappa shape index (κ3) is 7.93. The second-order valence-electron chi connectivity index (χ2n) is 13.6. The molecule has 0 spiro atoms. The fourth-order valence-corrected chi connectivity index (χ4v) is 10.9. The van der Waals surface area contributed by atoms with Crippen molar-refractivity contribution in [2.24, 2.45) is 11.8 Å². The zero-order chi connectivity index (χ0) is 34.7. The summed E-state index contributed by atoms with van der Waals surface area (Å²) in [5.41, 5.74) is 7.66. The summed E-state index contributed by atoms with van der Waals surface area (Å²) in [4.78, 5) is 11.9. The van der Waals surface area contributed by atoms with Gasteiger partial charge in [0.05, 0.1) is 43.5 Å². The molecule has 3 aliphatic rings. The smallest absolute Gasteiger partial charge is 0.213 e. The lowest BCUT2D eigenvalue weighted by Crippen LogP contribution is -2.51. The molecule has 9 nitrogen and oxygen atoms in total. The van der Waals surface area contributed by atoms with E-state index in [1.54, 1.807) is 11.8 Å². The maximum absolute atomic E-state index is 11.9. The number of anilines is 1. The SMILES string of the molecule is CN1/C(=C\c2cc[n+](Cc3ccccc3)c3ccccc23)Sc2ccc(SOONCCN(C)C3CCCC4C3CCCC4S(=O)(=O)[O-])cc21. The summed E-state index contributed by atoms with van der Waals surface area (Å²) < 4.78 is 43.5. The van der Waals surface area contributed by atoms with Gasteiger partial charge in [0.1, 0.15) is 0 Å². The number of para-hydroxylation sites is 1. The molecule has 7 rings (SSSR count). The van der Waals surface area contributed by atoms with Gasteiger partial charge in [0, 0.05) is 53.7 Å². The monoisotopic (exact) mass is 732 g/mol. The molecule has 12 heteroatoms. The van der Waals surface area contributed by atoms with Gasteiger partial charge in [-0.3, -0.25) is 0 Å². The number of nitrogens with one attached hydrogen (secondary N) is 1. The quantitative estimate of drug-likeness (QED) is 0.0410. The first-order valence-electron chi connectivity index (χ1n) is 17.4. The Hall–Kier alpha value is -2.94. The molecule has 4 aromatic rings. The first-order chi connectivity index (χ1) is 24.3. The van der Waals surface area contributed by atoms with Crippen LogP contribution in [0.3, 0.4) is 0 Å². The fraction of sp³-hybridized carbons (Fsp3) is 0.395. The minimum atomic E-state index is -4.26. The number of benzene rings is 3. The number of thioether (sulfide) groups is 1. The summed E-state index contributed by atoms with van der Waals surface area (Å²) in [6.45, 7) is 2.09. The van der Waals surface area contributed by atoms with Gasteiger partial charge in [0.25, 0.3) is 0 Å². The fourth-order valence-electron chi connectivity index (χ4n) is 8.14. The van der Waals surface area contributed by atoms with Gasteiger partial charge >= 0.3 is 0 Å². The molecule has 264 valence electrons. The summed E-state index contributed by atoms with van der Waals surface area (Å²) in [7, 11) is -0.0948. The maximum atomic E-state index is 11.9. The normalized spacial score (nSPS) is 23.0. The molecule has 3 aromatic carbocycles. The Morgan fingerprint density at radius 2 is 1.80 bits per heavy atom. The largest absolute Gasteiger partial charge is 0.748 e. The van der Waals surface area contributed by atoms with E-state index in [1.165, 1.54) is 26.9 Å². The van der Waals surface area contributed by atoms with Crippen LogP contribution >= 0.6 is 23.8 Å². The van der Waals surface area contributed by atoms with Crippen LogP contribution in [0.2, 0.25) is 0 Å². The minimum absolute atomic E-state index is 0.0246. The number of rotatable bonds is 12. The Morgan fingerprint density at radius 1 is 1.02 bits per heavy atom. The molecule has 4 unspecified atom stereocenters. The van der Waals surface area contributed by atoms with Crippen molar-refractivity contribution in [3.63, 3.8) is 0 Å². The third-order valence-corrected chi connectivity index (χ3v) is 13.7. The van der Waals surface area contributed by atoms with Gasteiger partial charge in [-0.1, -0.05) is 67.1 Å². The molecule has 0 amide bonds. The number of hydrogen-bond donors (Lipinski definition) is 1. The number of likely N-dealkylation sites (N-methyl/N-ethyl adjacent to an activating group) is 1. The molecule has 0 bridgehead atoms. The highest BCUT2D eigenvalue weighted by atomic mass is 32.2. The molecule has 2 aliphatic carbocycles. The van der Waals surface area contributed by atoms with Crippen LogP contribution in [0.1, 0.15) is 49.7 Å². The molecular formula is C38H44N4O5S3. The predicted octanol–water partition coefficient (Wildman–Crippen LogP) is 6.99. The molecular weight excluding hydrogens is 689 g/mol. The number of aromatic nitrogens is 1. The number of nitrogens with zero attached hydrogens (tertiary/aromatic N) is 3. The first-order valence-corrected chi connectivity index (χ1v) is 20.4. The van der Waals surface area contributed by atoms with Crippen molar-refractivity contribution in [1.82, 2.24) is 10.4 Å². The van der Waals surface area contributed by atoms with E-state index >= 15 is 0 Å². The summed E-state index contributed by atoms with van der Waals surface area (Å²) in [5.74, 6) is 0.225. The molecule has 4 atom stereocenters. The number of hydrogen-bond acceptors (Lipinski definition) is 10. The minimum Gasteiger partial charge on any atom is -0.748 e. The van der Waals surface area contributed by atoms with Gasteiger partial charge in [0.15, 0.2) is 12.7 Å². The van der Waals surface area contributed by atoms with Crippen molar-refractivity contribution in [2.75, 3.05) is 32.1 Å². The summed E-state index contributed by atoms with van der Waals surface area (Å²) in [5, 5.41) is 1.63. The van der Waals surface area contributed by atoms with Gasteiger partial charge in [-0.25, -0.2) is 8.42 Å². The Bertz CT molecular complexity index is 1940. The van der Waals surface area contributed by atoms with Crippen LogP contribution in [0.25, 0.3) is 17.0 Å². The summed E-state index contributed by atoms with van der Waals surface area (Å²) in [6.07, 6.45) is 9.55. The average molecular weight is 733 g/mol. The van der Waals surface area contributed by atoms with E-state index in [0.717, 1.165) is 72.8 Å². The van der Waals surface area contributed by atoms with Gasteiger partial charge in [-0.05, 0) is 80.5 Å². The lowest BCUT2D eigenvalue weighted by atomic mass is 9.67. The Balaban J connectivity index is 0.914. The highest BCUT2D eigenvalue weighted by Crippen LogP contribution is 2.47. The van der Waals surface area contributed by atoms with Crippen LogP contribution in [0.15, 0.2) is 99.9 Å². The molecule has 1 aromatic heterocycles. The second kappa shape index (κ2) is 15.7. The van der Waals surface area contributed by atoms with Gasteiger partial charge in [-0.2, -0.15) is 10.0 Å². The maximum Gasteiger partial charge on any atom is 0.213 e. The van der Waals surface area contributed by atoms with Crippen LogP contribution in [0, 0.1) is 11.8 Å².